The minimum absolute atomic E-state index is 0.0676. The van der Waals surface area contributed by atoms with Crippen LogP contribution >= 0.6 is 0 Å². The van der Waals surface area contributed by atoms with Gasteiger partial charge in [-0.25, -0.2) is 0 Å². The van der Waals surface area contributed by atoms with Gasteiger partial charge < -0.3 is 4.74 Å². The van der Waals surface area contributed by atoms with Gasteiger partial charge >= 0.3 is 5.97 Å². The van der Waals surface area contributed by atoms with Crippen LogP contribution in [0.4, 0.5) is 0 Å². The molecule has 2 aliphatic heterocycles. The average Bonchev–Trinajstić information content (AvgIpc) is 2.68. The number of ether oxygens (including phenoxy) is 1. The normalized spacial score (nSPS) is 23.4. The number of carbonyl (C=O) groups is 2. The van der Waals surface area contributed by atoms with Crippen molar-refractivity contribution in [3.8, 4) is 0 Å². The number of amides is 1. The lowest BCUT2D eigenvalue weighted by atomic mass is 10.1. The first-order chi connectivity index (χ1) is 6.77. The van der Waals surface area contributed by atoms with E-state index in [0.717, 1.165) is 5.56 Å². The third kappa shape index (κ3) is 0.775. The van der Waals surface area contributed by atoms with Gasteiger partial charge in [-0.2, -0.15) is 0 Å². The van der Waals surface area contributed by atoms with Crippen molar-refractivity contribution >= 4 is 11.9 Å². The SMILES string of the molecule is O=C1CN2C(=O)c3ccccc3C2O1. The van der Waals surface area contributed by atoms with Crippen molar-refractivity contribution in [3.05, 3.63) is 35.4 Å². The fourth-order valence-corrected chi connectivity index (χ4v) is 1.92. The molecule has 1 fully saturated rings. The second kappa shape index (κ2) is 2.35. The lowest BCUT2D eigenvalue weighted by molar-refractivity contribution is -0.141. The minimum atomic E-state index is -0.480. The summed E-state index contributed by atoms with van der Waals surface area (Å²) in [4.78, 5) is 24.2. The van der Waals surface area contributed by atoms with E-state index in [2.05, 4.69) is 0 Å². The van der Waals surface area contributed by atoms with Crippen molar-refractivity contribution in [1.82, 2.24) is 4.90 Å². The molecule has 1 aromatic rings. The largest absolute Gasteiger partial charge is 0.436 e. The maximum Gasteiger partial charge on any atom is 0.327 e. The maximum atomic E-state index is 11.7. The predicted octanol–water partition coefficient (Wildman–Crippen LogP) is 0.698. The molecule has 0 aromatic heterocycles. The van der Waals surface area contributed by atoms with Crippen LogP contribution in [-0.2, 0) is 9.53 Å². The molecule has 14 heavy (non-hydrogen) atoms. The zero-order valence-electron chi connectivity index (χ0n) is 7.27. The van der Waals surface area contributed by atoms with E-state index in [9.17, 15) is 9.59 Å². The molecule has 0 aliphatic carbocycles. The Kier molecular flexibility index (Phi) is 1.27. The summed E-state index contributed by atoms with van der Waals surface area (Å²) in [7, 11) is 0. The molecule has 2 heterocycles. The first-order valence-electron chi connectivity index (χ1n) is 4.37. The Morgan fingerprint density at radius 2 is 2.07 bits per heavy atom. The fraction of sp³-hybridized carbons (Fsp3) is 0.200. The van der Waals surface area contributed by atoms with Gasteiger partial charge in [0.15, 0.2) is 0 Å². The number of hydrogen-bond donors (Lipinski definition) is 0. The summed E-state index contributed by atoms with van der Waals surface area (Å²) in [5.74, 6) is -0.450. The Balaban J connectivity index is 2.16. The third-order valence-electron chi connectivity index (χ3n) is 2.54. The molecule has 70 valence electrons. The van der Waals surface area contributed by atoms with E-state index in [1.54, 1.807) is 12.1 Å². The van der Waals surface area contributed by atoms with Gasteiger partial charge in [0, 0.05) is 11.1 Å². The first-order valence-corrected chi connectivity index (χ1v) is 4.37. The molecule has 4 heteroatoms. The second-order valence-corrected chi connectivity index (χ2v) is 3.36. The van der Waals surface area contributed by atoms with E-state index in [0.29, 0.717) is 5.56 Å². The number of fused-ring (bicyclic) bond motifs is 3. The highest BCUT2D eigenvalue weighted by Crippen LogP contribution is 2.37. The summed E-state index contributed by atoms with van der Waals surface area (Å²) >= 11 is 0. The maximum absolute atomic E-state index is 11.7. The smallest absolute Gasteiger partial charge is 0.327 e. The summed E-state index contributed by atoms with van der Waals surface area (Å²) in [6, 6.07) is 7.21. The minimum Gasteiger partial charge on any atom is -0.436 e. The summed E-state index contributed by atoms with van der Waals surface area (Å²) in [6.45, 7) is 0.0676. The number of esters is 1. The Bertz CT molecular complexity index is 441. The van der Waals surface area contributed by atoms with Crippen LogP contribution in [0.3, 0.4) is 0 Å². The Labute approximate surface area is 80.1 Å². The van der Waals surface area contributed by atoms with E-state index >= 15 is 0 Å². The third-order valence-corrected chi connectivity index (χ3v) is 2.54. The molecule has 2 aliphatic rings. The number of nitrogens with zero attached hydrogens (tertiary/aromatic N) is 1. The number of rotatable bonds is 0. The predicted molar refractivity (Wildman–Crippen MR) is 46.3 cm³/mol. The summed E-state index contributed by atoms with van der Waals surface area (Å²) in [5.41, 5.74) is 1.44. The van der Waals surface area contributed by atoms with Gasteiger partial charge in [0.2, 0.25) is 6.23 Å². The molecule has 0 N–H and O–H groups in total. The number of carbonyl (C=O) groups excluding carboxylic acids is 2. The zero-order valence-corrected chi connectivity index (χ0v) is 7.27. The van der Waals surface area contributed by atoms with Gasteiger partial charge in [0.05, 0.1) is 0 Å². The first kappa shape index (κ1) is 7.55. The van der Waals surface area contributed by atoms with Crippen molar-refractivity contribution in [2.75, 3.05) is 6.54 Å². The van der Waals surface area contributed by atoms with Crippen molar-refractivity contribution in [1.29, 1.82) is 0 Å². The molecule has 1 atom stereocenters. The second-order valence-electron chi connectivity index (χ2n) is 3.36. The van der Waals surface area contributed by atoms with Gasteiger partial charge in [-0.3, -0.25) is 14.5 Å². The van der Waals surface area contributed by atoms with E-state index in [1.165, 1.54) is 4.90 Å². The fourth-order valence-electron chi connectivity index (χ4n) is 1.92. The van der Waals surface area contributed by atoms with Crippen molar-refractivity contribution < 1.29 is 14.3 Å². The molecule has 1 amide bonds. The van der Waals surface area contributed by atoms with E-state index in [1.807, 2.05) is 12.1 Å². The number of benzene rings is 1. The van der Waals surface area contributed by atoms with Crippen LogP contribution in [0.2, 0.25) is 0 Å². The molecular weight excluding hydrogens is 182 g/mol. The van der Waals surface area contributed by atoms with Gasteiger partial charge in [0.1, 0.15) is 6.54 Å². The molecule has 1 saturated heterocycles. The van der Waals surface area contributed by atoms with Crippen molar-refractivity contribution in [2.24, 2.45) is 0 Å². The van der Waals surface area contributed by atoms with E-state index in [-0.39, 0.29) is 18.4 Å². The van der Waals surface area contributed by atoms with Gasteiger partial charge in [-0.15, -0.1) is 0 Å². The van der Waals surface area contributed by atoms with Crippen LogP contribution in [0.1, 0.15) is 22.1 Å². The Morgan fingerprint density at radius 3 is 2.93 bits per heavy atom. The van der Waals surface area contributed by atoms with Crippen LogP contribution in [0.15, 0.2) is 24.3 Å². The number of hydrogen-bond acceptors (Lipinski definition) is 3. The van der Waals surface area contributed by atoms with Crippen LogP contribution < -0.4 is 0 Å². The van der Waals surface area contributed by atoms with Crippen molar-refractivity contribution in [2.45, 2.75) is 6.23 Å². The highest BCUT2D eigenvalue weighted by molar-refractivity contribution is 6.01. The van der Waals surface area contributed by atoms with Gasteiger partial charge in [-0.1, -0.05) is 18.2 Å². The van der Waals surface area contributed by atoms with Gasteiger partial charge in [-0.05, 0) is 6.07 Å². The van der Waals surface area contributed by atoms with Crippen LogP contribution in [0.25, 0.3) is 0 Å². The monoisotopic (exact) mass is 189 g/mol. The summed E-state index contributed by atoms with van der Waals surface area (Å²) in [6.07, 6.45) is -0.480. The summed E-state index contributed by atoms with van der Waals surface area (Å²) < 4.78 is 5.05. The highest BCUT2D eigenvalue weighted by Gasteiger charge is 2.44. The zero-order chi connectivity index (χ0) is 9.71. The molecule has 0 spiro atoms. The van der Waals surface area contributed by atoms with Crippen LogP contribution in [-0.4, -0.2) is 23.3 Å². The molecule has 0 bridgehead atoms. The van der Waals surface area contributed by atoms with Crippen molar-refractivity contribution in [3.63, 3.8) is 0 Å². The molecular formula is C10H7NO3. The molecule has 0 radical (unpaired) electrons. The summed E-state index contributed by atoms with van der Waals surface area (Å²) in [5, 5.41) is 0. The average molecular weight is 189 g/mol. The van der Waals surface area contributed by atoms with E-state index < -0.39 is 6.23 Å². The highest BCUT2D eigenvalue weighted by atomic mass is 16.6. The van der Waals surface area contributed by atoms with Gasteiger partial charge in [0.25, 0.3) is 5.91 Å². The molecule has 0 saturated carbocycles. The lowest BCUT2D eigenvalue weighted by Crippen LogP contribution is -2.24. The molecule has 4 nitrogen and oxygen atoms in total. The van der Waals surface area contributed by atoms with E-state index in [4.69, 9.17) is 4.74 Å². The quantitative estimate of drug-likeness (QED) is 0.564. The lowest BCUT2D eigenvalue weighted by Gasteiger charge is -2.10. The molecule has 1 aromatic carbocycles. The molecule has 3 rings (SSSR count). The standard InChI is InChI=1S/C10H7NO3/c12-8-5-11-9(13)6-3-1-2-4-7(6)10(11)14-8/h1-4,10H,5H2. The Hall–Kier alpha value is -1.84. The van der Waals surface area contributed by atoms with Crippen LogP contribution in [0, 0.1) is 0 Å². The Morgan fingerprint density at radius 1 is 1.29 bits per heavy atom. The topological polar surface area (TPSA) is 46.6 Å². The molecule has 1 unspecified atom stereocenters. The van der Waals surface area contributed by atoms with Crippen LogP contribution in [0.5, 0.6) is 0 Å².